The van der Waals surface area contributed by atoms with Crippen LogP contribution in [0.3, 0.4) is 0 Å². The zero-order valence-electron chi connectivity index (χ0n) is 10.3. The second-order valence-corrected chi connectivity index (χ2v) is 7.06. The molecule has 0 saturated heterocycles. The first kappa shape index (κ1) is 10.9. The third-order valence-corrected chi connectivity index (χ3v) is 4.37. The first-order valence-electron chi connectivity index (χ1n) is 5.81. The summed E-state index contributed by atoms with van der Waals surface area (Å²) in [5.74, 6) is 0.263. The fraction of sp³-hybridized carbons (Fsp3) is 0.357. The van der Waals surface area contributed by atoms with Gasteiger partial charge in [0.15, 0.2) is 5.78 Å². The Morgan fingerprint density at radius 1 is 1.35 bits per heavy atom. The molecule has 88 valence electrons. The highest BCUT2D eigenvalue weighted by Gasteiger charge is 2.34. The van der Waals surface area contributed by atoms with Crippen LogP contribution in [0.25, 0.3) is 10.9 Å². The number of ketones is 1. The van der Waals surface area contributed by atoms with E-state index in [4.69, 9.17) is 0 Å². The van der Waals surface area contributed by atoms with Gasteiger partial charge in [0.25, 0.3) is 0 Å². The fourth-order valence-corrected chi connectivity index (χ4v) is 3.67. The molecule has 17 heavy (non-hydrogen) atoms. The summed E-state index contributed by atoms with van der Waals surface area (Å²) in [4.78, 5) is 15.6. The average Bonchev–Trinajstić information content (AvgIpc) is 2.52. The number of carbonyl (C=O) groups is 1. The Morgan fingerprint density at radius 3 is 2.88 bits per heavy atom. The van der Waals surface area contributed by atoms with Gasteiger partial charge in [-0.15, -0.1) is 11.8 Å². The highest BCUT2D eigenvalue weighted by Crippen LogP contribution is 2.44. The number of H-pyrrole nitrogens is 1. The first-order chi connectivity index (χ1) is 7.96. The quantitative estimate of drug-likeness (QED) is 0.762. The third kappa shape index (κ3) is 1.69. The first-order valence-corrected chi connectivity index (χ1v) is 6.62. The lowest BCUT2D eigenvalue weighted by Gasteiger charge is -2.27. The molecule has 0 saturated carbocycles. The van der Waals surface area contributed by atoms with E-state index in [1.54, 1.807) is 11.8 Å². The molecule has 2 aromatic rings. The summed E-state index contributed by atoms with van der Waals surface area (Å²) >= 11 is 1.77. The Bertz CT molecular complexity index is 624. The molecule has 2 nitrogen and oxygen atoms in total. The summed E-state index contributed by atoms with van der Waals surface area (Å²) in [6.45, 7) is 6.31. The van der Waals surface area contributed by atoms with Crippen molar-refractivity contribution < 1.29 is 4.79 Å². The minimum Gasteiger partial charge on any atom is -0.349 e. The normalized spacial score (nSPS) is 18.4. The SMILES string of the molecule is Cc1ccc2c3c([nH]c2c1)SC(C)(C)CC3=O. The molecule has 1 aliphatic rings. The molecule has 3 rings (SSSR count). The minimum atomic E-state index is 0.00000413. The monoisotopic (exact) mass is 245 g/mol. The lowest BCUT2D eigenvalue weighted by Crippen LogP contribution is -2.24. The Hall–Kier alpha value is -1.22. The molecular weight excluding hydrogens is 230 g/mol. The van der Waals surface area contributed by atoms with Crippen molar-refractivity contribution in [1.82, 2.24) is 4.98 Å². The van der Waals surface area contributed by atoms with E-state index in [-0.39, 0.29) is 10.5 Å². The van der Waals surface area contributed by atoms with Crippen molar-refractivity contribution in [3.63, 3.8) is 0 Å². The van der Waals surface area contributed by atoms with Gasteiger partial charge in [-0.1, -0.05) is 12.1 Å². The number of fused-ring (bicyclic) bond motifs is 3. The molecular formula is C14H15NOS. The predicted octanol–water partition coefficient (Wildman–Crippen LogP) is 3.93. The topological polar surface area (TPSA) is 32.9 Å². The van der Waals surface area contributed by atoms with Gasteiger partial charge in [-0.05, 0) is 32.4 Å². The molecule has 0 bridgehead atoms. The summed E-state index contributed by atoms with van der Waals surface area (Å²) in [7, 11) is 0. The van der Waals surface area contributed by atoms with Gasteiger partial charge in [-0.25, -0.2) is 0 Å². The van der Waals surface area contributed by atoms with E-state index in [1.165, 1.54) is 5.56 Å². The van der Waals surface area contributed by atoms with Crippen LogP contribution in [0.4, 0.5) is 0 Å². The van der Waals surface area contributed by atoms with E-state index in [1.807, 2.05) is 0 Å². The van der Waals surface area contributed by atoms with E-state index in [9.17, 15) is 4.79 Å². The van der Waals surface area contributed by atoms with Gasteiger partial charge in [-0.3, -0.25) is 4.79 Å². The van der Waals surface area contributed by atoms with E-state index in [0.29, 0.717) is 6.42 Å². The van der Waals surface area contributed by atoms with Crippen LogP contribution in [0, 0.1) is 6.92 Å². The van der Waals surface area contributed by atoms with Crippen LogP contribution >= 0.6 is 11.8 Å². The van der Waals surface area contributed by atoms with Crippen LogP contribution in [0.15, 0.2) is 23.2 Å². The maximum absolute atomic E-state index is 12.2. The summed E-state index contributed by atoms with van der Waals surface area (Å²) < 4.78 is 0.00000413. The summed E-state index contributed by atoms with van der Waals surface area (Å²) in [5.41, 5.74) is 3.19. The van der Waals surface area contributed by atoms with Gasteiger partial charge in [0.2, 0.25) is 0 Å². The molecule has 0 fully saturated rings. The number of aromatic amines is 1. The fourth-order valence-electron chi connectivity index (χ4n) is 2.43. The zero-order chi connectivity index (χ0) is 12.2. The molecule has 0 atom stereocenters. The Morgan fingerprint density at radius 2 is 2.12 bits per heavy atom. The van der Waals surface area contributed by atoms with Crippen molar-refractivity contribution >= 4 is 28.4 Å². The van der Waals surface area contributed by atoms with Gasteiger partial charge >= 0.3 is 0 Å². The van der Waals surface area contributed by atoms with Gasteiger partial charge in [0, 0.05) is 22.1 Å². The van der Waals surface area contributed by atoms with Crippen molar-refractivity contribution in [3.8, 4) is 0 Å². The third-order valence-electron chi connectivity index (χ3n) is 3.16. The lowest BCUT2D eigenvalue weighted by atomic mass is 9.99. The average molecular weight is 245 g/mol. The molecule has 1 aromatic carbocycles. The number of hydrogen-bond acceptors (Lipinski definition) is 2. The van der Waals surface area contributed by atoms with Crippen molar-refractivity contribution in [2.24, 2.45) is 0 Å². The van der Waals surface area contributed by atoms with Crippen LogP contribution < -0.4 is 0 Å². The molecule has 0 radical (unpaired) electrons. The molecule has 0 amide bonds. The maximum atomic E-state index is 12.2. The zero-order valence-corrected chi connectivity index (χ0v) is 11.1. The highest BCUT2D eigenvalue weighted by atomic mass is 32.2. The van der Waals surface area contributed by atoms with Crippen molar-refractivity contribution in [2.75, 3.05) is 0 Å². The lowest BCUT2D eigenvalue weighted by molar-refractivity contribution is 0.0969. The Balaban J connectivity index is 2.28. The van der Waals surface area contributed by atoms with Crippen molar-refractivity contribution in [2.45, 2.75) is 37.0 Å². The molecule has 1 aromatic heterocycles. The van der Waals surface area contributed by atoms with Crippen molar-refractivity contribution in [3.05, 3.63) is 29.3 Å². The minimum absolute atomic E-state index is 0.00000413. The van der Waals surface area contributed by atoms with Crippen LogP contribution in [0.5, 0.6) is 0 Å². The number of nitrogens with one attached hydrogen (secondary N) is 1. The number of benzene rings is 1. The molecule has 0 spiro atoms. The summed E-state index contributed by atoms with van der Waals surface area (Å²) in [6, 6.07) is 6.22. The Labute approximate surface area is 105 Å². The van der Waals surface area contributed by atoms with E-state index in [2.05, 4.69) is 44.0 Å². The number of rotatable bonds is 0. The second-order valence-electron chi connectivity index (χ2n) is 5.34. The van der Waals surface area contributed by atoms with E-state index < -0.39 is 0 Å². The number of aromatic nitrogens is 1. The Kier molecular flexibility index (Phi) is 2.17. The summed E-state index contributed by atoms with van der Waals surface area (Å²) in [5, 5.41) is 2.10. The largest absolute Gasteiger partial charge is 0.349 e. The number of aryl methyl sites for hydroxylation is 1. The maximum Gasteiger partial charge on any atom is 0.167 e. The van der Waals surface area contributed by atoms with Gasteiger partial charge in [-0.2, -0.15) is 0 Å². The molecule has 3 heteroatoms. The van der Waals surface area contributed by atoms with Gasteiger partial charge < -0.3 is 4.98 Å². The number of Topliss-reactive ketones (excluding diaryl/α,β-unsaturated/α-hetero) is 1. The second kappa shape index (κ2) is 3.39. The number of hydrogen-bond donors (Lipinski definition) is 1. The van der Waals surface area contributed by atoms with Gasteiger partial charge in [0.1, 0.15) is 0 Å². The molecule has 1 aliphatic heterocycles. The van der Waals surface area contributed by atoms with E-state index >= 15 is 0 Å². The number of carbonyl (C=O) groups excluding carboxylic acids is 1. The van der Waals surface area contributed by atoms with Crippen molar-refractivity contribution in [1.29, 1.82) is 0 Å². The van der Waals surface area contributed by atoms with E-state index in [0.717, 1.165) is 21.5 Å². The van der Waals surface area contributed by atoms with Crippen LogP contribution in [-0.2, 0) is 0 Å². The predicted molar refractivity (Wildman–Crippen MR) is 71.9 cm³/mol. The molecule has 1 N–H and O–H groups in total. The highest BCUT2D eigenvalue weighted by molar-refractivity contribution is 8.00. The molecule has 0 aliphatic carbocycles. The van der Waals surface area contributed by atoms with Crippen LogP contribution in [0.1, 0.15) is 36.2 Å². The molecule has 0 unspecified atom stereocenters. The standard InChI is InChI=1S/C14H15NOS/c1-8-4-5-9-10(6-8)15-13-12(9)11(16)7-14(2,3)17-13/h4-6,15H,7H2,1-3H3. The smallest absolute Gasteiger partial charge is 0.167 e. The molecule has 2 heterocycles. The van der Waals surface area contributed by atoms with Crippen LogP contribution in [-0.4, -0.2) is 15.5 Å². The van der Waals surface area contributed by atoms with Crippen LogP contribution in [0.2, 0.25) is 0 Å². The van der Waals surface area contributed by atoms with Gasteiger partial charge in [0.05, 0.1) is 10.6 Å². The number of thioether (sulfide) groups is 1. The summed E-state index contributed by atoms with van der Waals surface area (Å²) in [6.07, 6.45) is 0.617.